The Hall–Kier alpha value is 0.390. The Bertz CT molecular complexity index is 251. The summed E-state index contributed by atoms with van der Waals surface area (Å²) in [5, 5.41) is 0.323. The molecule has 0 aliphatic carbocycles. The van der Waals surface area contributed by atoms with Crippen LogP contribution in [0.4, 0.5) is 0 Å². The summed E-state index contributed by atoms with van der Waals surface area (Å²) in [4.78, 5) is 0. The summed E-state index contributed by atoms with van der Waals surface area (Å²) < 4.78 is 19.5. The minimum Gasteiger partial charge on any atom is -0.302 e. The van der Waals surface area contributed by atoms with Gasteiger partial charge in [-0.2, -0.15) is 0 Å². The molecule has 0 fully saturated rings. The molecule has 1 atom stereocenters. The van der Waals surface area contributed by atoms with E-state index < -0.39 is 11.1 Å². The van der Waals surface area contributed by atoms with Crippen LogP contribution in [0.15, 0.2) is 10.3 Å². The second kappa shape index (κ2) is 3.19. The number of rotatable bonds is 1. The first-order valence-corrected chi connectivity index (χ1v) is 4.85. The molecule has 0 amide bonds. The lowest BCUT2D eigenvalue weighted by Crippen LogP contribution is -1.79. The Kier molecular flexibility index (Phi) is 2.71. The first kappa shape index (κ1) is 8.49. The van der Waals surface area contributed by atoms with Gasteiger partial charge < -0.3 is 4.55 Å². The van der Waals surface area contributed by atoms with Crippen LogP contribution in [0.1, 0.15) is 0 Å². The van der Waals surface area contributed by atoms with Gasteiger partial charge in [0.15, 0.2) is 11.1 Å². The molecule has 1 rings (SSSR count). The zero-order valence-corrected chi connectivity index (χ0v) is 7.65. The average Bonchev–Trinajstić information content (AvgIpc) is 2.13. The van der Waals surface area contributed by atoms with Gasteiger partial charge in [0.1, 0.15) is 8.55 Å². The van der Waals surface area contributed by atoms with Crippen LogP contribution in [-0.4, -0.2) is 8.76 Å². The lowest BCUT2D eigenvalue weighted by atomic mass is 10.7. The summed E-state index contributed by atoms with van der Waals surface area (Å²) in [6.07, 6.45) is 0. The van der Waals surface area contributed by atoms with E-state index in [1.807, 2.05) is 0 Å². The van der Waals surface area contributed by atoms with Crippen LogP contribution in [0.2, 0.25) is 9.36 Å². The van der Waals surface area contributed by atoms with Crippen molar-refractivity contribution >= 4 is 45.6 Å². The SMILES string of the molecule is O=S(O)c1cc(Cl)c(Cl)s1. The van der Waals surface area contributed by atoms with Crippen LogP contribution in [-0.2, 0) is 11.1 Å². The predicted molar refractivity (Wildman–Crippen MR) is 43.4 cm³/mol. The fourth-order valence-electron chi connectivity index (χ4n) is 0.413. The Balaban J connectivity index is 3.10. The van der Waals surface area contributed by atoms with Gasteiger partial charge in [0.2, 0.25) is 0 Å². The summed E-state index contributed by atoms with van der Waals surface area (Å²) in [6, 6.07) is 1.38. The fourth-order valence-corrected chi connectivity index (χ4v) is 2.47. The van der Waals surface area contributed by atoms with Crippen LogP contribution in [0.25, 0.3) is 0 Å². The van der Waals surface area contributed by atoms with Gasteiger partial charge in [0.25, 0.3) is 0 Å². The van der Waals surface area contributed by atoms with Crippen LogP contribution in [0.5, 0.6) is 0 Å². The van der Waals surface area contributed by atoms with Crippen LogP contribution in [0, 0.1) is 0 Å². The van der Waals surface area contributed by atoms with E-state index in [-0.39, 0.29) is 4.21 Å². The molecule has 1 heterocycles. The lowest BCUT2D eigenvalue weighted by Gasteiger charge is -1.80. The molecule has 56 valence electrons. The van der Waals surface area contributed by atoms with E-state index in [2.05, 4.69) is 0 Å². The molecule has 10 heavy (non-hydrogen) atoms. The zero-order valence-electron chi connectivity index (χ0n) is 4.51. The largest absolute Gasteiger partial charge is 0.302 e. The third-order valence-electron chi connectivity index (χ3n) is 0.795. The molecule has 1 aromatic heterocycles. The number of hydrogen-bond donors (Lipinski definition) is 1. The van der Waals surface area contributed by atoms with Crippen molar-refractivity contribution in [2.24, 2.45) is 0 Å². The van der Waals surface area contributed by atoms with Gasteiger partial charge in [0, 0.05) is 0 Å². The first-order valence-electron chi connectivity index (χ1n) is 2.17. The Morgan fingerprint density at radius 3 is 2.40 bits per heavy atom. The highest BCUT2D eigenvalue weighted by Crippen LogP contribution is 2.32. The van der Waals surface area contributed by atoms with E-state index in [1.54, 1.807) is 0 Å². The molecule has 0 aliphatic heterocycles. The maximum atomic E-state index is 10.4. The van der Waals surface area contributed by atoms with Gasteiger partial charge in [-0.25, -0.2) is 4.21 Å². The standard InChI is InChI=1S/C4H2Cl2O2S2/c5-2-1-3(10(7)8)9-4(2)6/h1H,(H,7,8). The maximum Gasteiger partial charge on any atom is 0.196 e. The van der Waals surface area contributed by atoms with Crippen molar-refractivity contribution in [1.82, 2.24) is 0 Å². The molecular formula is C4H2Cl2O2S2. The molecule has 0 spiro atoms. The summed E-state index contributed by atoms with van der Waals surface area (Å²) in [5.41, 5.74) is 0. The smallest absolute Gasteiger partial charge is 0.196 e. The van der Waals surface area contributed by atoms with Crippen molar-refractivity contribution < 1.29 is 8.76 Å². The van der Waals surface area contributed by atoms with Crippen molar-refractivity contribution in [1.29, 1.82) is 0 Å². The second-order valence-electron chi connectivity index (χ2n) is 1.44. The van der Waals surface area contributed by atoms with E-state index in [1.165, 1.54) is 6.07 Å². The van der Waals surface area contributed by atoms with Crippen molar-refractivity contribution in [3.05, 3.63) is 15.4 Å². The molecule has 0 bridgehead atoms. The second-order valence-corrected chi connectivity index (χ2v) is 4.69. The summed E-state index contributed by atoms with van der Waals surface area (Å²) in [7, 11) is 0. The molecule has 1 unspecified atom stereocenters. The Morgan fingerprint density at radius 2 is 2.20 bits per heavy atom. The quantitative estimate of drug-likeness (QED) is 0.734. The highest BCUT2D eigenvalue weighted by atomic mass is 35.5. The van der Waals surface area contributed by atoms with E-state index in [4.69, 9.17) is 27.8 Å². The van der Waals surface area contributed by atoms with Gasteiger partial charge in [-0.05, 0) is 6.07 Å². The maximum absolute atomic E-state index is 10.4. The zero-order chi connectivity index (χ0) is 7.72. The van der Waals surface area contributed by atoms with E-state index in [9.17, 15) is 4.21 Å². The molecular weight excluding hydrogens is 215 g/mol. The molecule has 1 aromatic rings. The van der Waals surface area contributed by atoms with Gasteiger partial charge in [-0.1, -0.05) is 23.2 Å². The molecule has 0 saturated heterocycles. The third kappa shape index (κ3) is 1.71. The fraction of sp³-hybridized carbons (Fsp3) is 0. The molecule has 0 aliphatic rings. The average molecular weight is 217 g/mol. The molecule has 2 nitrogen and oxygen atoms in total. The van der Waals surface area contributed by atoms with Gasteiger partial charge in [-0.3, -0.25) is 0 Å². The Labute approximate surface area is 74.1 Å². The van der Waals surface area contributed by atoms with Gasteiger partial charge in [0.05, 0.1) is 5.02 Å². The molecule has 1 N–H and O–H groups in total. The minimum absolute atomic E-state index is 0.273. The molecule has 6 heteroatoms. The highest BCUT2D eigenvalue weighted by molar-refractivity contribution is 7.81. The van der Waals surface area contributed by atoms with Gasteiger partial charge >= 0.3 is 0 Å². The summed E-state index contributed by atoms with van der Waals surface area (Å²) in [5.74, 6) is 0. The van der Waals surface area contributed by atoms with Crippen LogP contribution >= 0.6 is 34.5 Å². The van der Waals surface area contributed by atoms with Crippen molar-refractivity contribution in [3.8, 4) is 0 Å². The normalized spacial score (nSPS) is 13.5. The third-order valence-corrected chi connectivity index (χ3v) is 3.59. The summed E-state index contributed by atoms with van der Waals surface area (Å²) >= 11 is 10.1. The molecule has 0 saturated carbocycles. The predicted octanol–water partition coefficient (Wildman–Crippen LogP) is 2.64. The number of halogens is 2. The topological polar surface area (TPSA) is 37.3 Å². The first-order chi connectivity index (χ1) is 4.61. The van der Waals surface area contributed by atoms with Crippen molar-refractivity contribution in [2.75, 3.05) is 0 Å². The number of thiophene rings is 1. The highest BCUT2D eigenvalue weighted by Gasteiger charge is 2.08. The lowest BCUT2D eigenvalue weighted by molar-refractivity contribution is 0.566. The van der Waals surface area contributed by atoms with E-state index in [0.29, 0.717) is 9.36 Å². The molecule has 0 aromatic carbocycles. The monoisotopic (exact) mass is 216 g/mol. The van der Waals surface area contributed by atoms with Crippen LogP contribution < -0.4 is 0 Å². The van der Waals surface area contributed by atoms with Crippen molar-refractivity contribution in [2.45, 2.75) is 4.21 Å². The van der Waals surface area contributed by atoms with Crippen LogP contribution in [0.3, 0.4) is 0 Å². The van der Waals surface area contributed by atoms with Gasteiger partial charge in [-0.15, -0.1) is 11.3 Å². The van der Waals surface area contributed by atoms with Crippen molar-refractivity contribution in [3.63, 3.8) is 0 Å². The summed E-state index contributed by atoms with van der Waals surface area (Å²) in [6.45, 7) is 0. The number of hydrogen-bond acceptors (Lipinski definition) is 2. The molecule has 0 radical (unpaired) electrons. The Morgan fingerprint density at radius 1 is 1.60 bits per heavy atom. The minimum atomic E-state index is -1.97. The van der Waals surface area contributed by atoms with E-state index in [0.717, 1.165) is 11.3 Å². The van der Waals surface area contributed by atoms with E-state index >= 15 is 0 Å².